The van der Waals surface area contributed by atoms with Crippen LogP contribution in [0.25, 0.3) is 0 Å². The lowest BCUT2D eigenvalue weighted by molar-refractivity contribution is -0.385. The van der Waals surface area contributed by atoms with Gasteiger partial charge in [0.05, 0.1) is 18.6 Å². The smallest absolute Gasteiger partial charge is 0.312 e. The molecule has 76 valence electrons. The van der Waals surface area contributed by atoms with Gasteiger partial charge >= 0.3 is 5.69 Å². The Morgan fingerprint density at radius 3 is 2.71 bits per heavy atom. The number of hydrogen-bond donors (Lipinski definition) is 1. The van der Waals surface area contributed by atoms with Crippen molar-refractivity contribution in [2.45, 2.75) is 6.61 Å². The fourth-order valence-corrected chi connectivity index (χ4v) is 1.47. The van der Waals surface area contributed by atoms with E-state index in [4.69, 9.17) is 9.84 Å². The number of aliphatic hydroxyl groups excluding tert-OH is 1. The Labute approximate surface area is 88.6 Å². The molecule has 0 aromatic heterocycles. The van der Waals surface area contributed by atoms with Crippen LogP contribution in [0.4, 0.5) is 5.69 Å². The zero-order chi connectivity index (χ0) is 10.7. The molecule has 0 heterocycles. The normalized spacial score (nSPS) is 9.93. The van der Waals surface area contributed by atoms with Crippen LogP contribution in [-0.2, 0) is 6.61 Å². The van der Waals surface area contributed by atoms with Crippen LogP contribution in [0.5, 0.6) is 5.75 Å². The Morgan fingerprint density at radius 2 is 2.29 bits per heavy atom. The van der Waals surface area contributed by atoms with Crippen molar-refractivity contribution >= 4 is 21.6 Å². The number of rotatable bonds is 3. The maximum absolute atomic E-state index is 10.6. The highest BCUT2D eigenvalue weighted by Gasteiger charge is 2.17. The predicted molar refractivity (Wildman–Crippen MR) is 53.3 cm³/mol. The number of benzene rings is 1. The minimum Gasteiger partial charge on any atom is -0.490 e. The summed E-state index contributed by atoms with van der Waals surface area (Å²) in [6.45, 7) is -0.199. The highest BCUT2D eigenvalue weighted by atomic mass is 79.9. The Bertz CT molecular complexity index is 367. The fourth-order valence-electron chi connectivity index (χ4n) is 1.01. The van der Waals surface area contributed by atoms with Gasteiger partial charge in [-0.1, -0.05) is 15.9 Å². The maximum atomic E-state index is 10.6. The first-order valence-electron chi connectivity index (χ1n) is 3.71. The molecule has 0 aliphatic rings. The number of nitro groups is 1. The van der Waals surface area contributed by atoms with Gasteiger partial charge in [0.15, 0.2) is 5.75 Å². The number of ether oxygens (including phenoxy) is 1. The monoisotopic (exact) mass is 261 g/mol. The van der Waals surface area contributed by atoms with Crippen LogP contribution in [0.2, 0.25) is 0 Å². The molecule has 1 aromatic rings. The van der Waals surface area contributed by atoms with Crippen molar-refractivity contribution in [3.05, 3.63) is 32.3 Å². The molecule has 6 heteroatoms. The lowest BCUT2D eigenvalue weighted by Gasteiger charge is -2.05. The summed E-state index contributed by atoms with van der Waals surface area (Å²) in [6.07, 6.45) is 0. The molecule has 0 radical (unpaired) electrons. The summed E-state index contributed by atoms with van der Waals surface area (Å²) < 4.78 is 5.32. The molecule has 1 aromatic carbocycles. The van der Waals surface area contributed by atoms with E-state index in [1.807, 2.05) is 0 Å². The molecule has 0 saturated carbocycles. The van der Waals surface area contributed by atoms with Crippen LogP contribution in [-0.4, -0.2) is 17.1 Å². The molecule has 0 fully saturated rings. The first-order valence-corrected chi connectivity index (χ1v) is 4.51. The van der Waals surface area contributed by atoms with E-state index in [0.29, 0.717) is 10.0 Å². The molecule has 0 aliphatic heterocycles. The molecule has 0 saturated heterocycles. The Balaban J connectivity index is 3.31. The summed E-state index contributed by atoms with van der Waals surface area (Å²) in [5.74, 6) is 0.141. The number of halogens is 1. The number of nitro benzene ring substituents is 1. The summed E-state index contributed by atoms with van der Waals surface area (Å²) in [5, 5.41) is 19.5. The Morgan fingerprint density at radius 1 is 1.64 bits per heavy atom. The van der Waals surface area contributed by atoms with Gasteiger partial charge in [-0.05, 0) is 11.6 Å². The van der Waals surface area contributed by atoms with E-state index in [9.17, 15) is 10.1 Å². The topological polar surface area (TPSA) is 72.6 Å². The molecule has 0 bridgehead atoms. The van der Waals surface area contributed by atoms with Gasteiger partial charge < -0.3 is 9.84 Å². The molecule has 0 amide bonds. The van der Waals surface area contributed by atoms with Crippen molar-refractivity contribution in [3.8, 4) is 5.75 Å². The van der Waals surface area contributed by atoms with E-state index in [2.05, 4.69) is 15.9 Å². The van der Waals surface area contributed by atoms with Gasteiger partial charge in [0, 0.05) is 10.5 Å². The molecular formula is C8H8BrNO4. The van der Waals surface area contributed by atoms with Crippen LogP contribution in [0.15, 0.2) is 16.6 Å². The summed E-state index contributed by atoms with van der Waals surface area (Å²) in [4.78, 5) is 10.0. The van der Waals surface area contributed by atoms with Crippen molar-refractivity contribution < 1.29 is 14.8 Å². The lowest BCUT2D eigenvalue weighted by Crippen LogP contribution is -1.96. The first-order chi connectivity index (χ1) is 6.60. The van der Waals surface area contributed by atoms with Gasteiger partial charge in [0.25, 0.3) is 0 Å². The summed E-state index contributed by atoms with van der Waals surface area (Å²) in [5.41, 5.74) is 0.420. The second-order valence-corrected chi connectivity index (χ2v) is 3.39. The quantitative estimate of drug-likeness (QED) is 0.666. The van der Waals surface area contributed by atoms with Crippen LogP contribution >= 0.6 is 15.9 Å². The largest absolute Gasteiger partial charge is 0.490 e. The first kappa shape index (κ1) is 10.9. The van der Waals surface area contributed by atoms with Crippen molar-refractivity contribution in [1.29, 1.82) is 0 Å². The fraction of sp³-hybridized carbons (Fsp3) is 0.250. The van der Waals surface area contributed by atoms with E-state index >= 15 is 0 Å². The molecule has 1 N–H and O–H groups in total. The molecule has 14 heavy (non-hydrogen) atoms. The molecular weight excluding hydrogens is 254 g/mol. The SMILES string of the molecule is COc1cc(CO)c(Br)cc1[N+](=O)[O-]. The van der Waals surface area contributed by atoms with Crippen molar-refractivity contribution in [3.63, 3.8) is 0 Å². The van der Waals surface area contributed by atoms with Gasteiger partial charge in [-0.25, -0.2) is 0 Å². The second-order valence-electron chi connectivity index (χ2n) is 2.53. The maximum Gasteiger partial charge on any atom is 0.312 e. The number of nitrogens with zero attached hydrogens (tertiary/aromatic N) is 1. The molecule has 1 rings (SSSR count). The van der Waals surface area contributed by atoms with Crippen LogP contribution in [0.3, 0.4) is 0 Å². The highest BCUT2D eigenvalue weighted by Crippen LogP contribution is 2.32. The van der Waals surface area contributed by atoms with Crippen LogP contribution in [0.1, 0.15) is 5.56 Å². The van der Waals surface area contributed by atoms with Gasteiger partial charge in [-0.3, -0.25) is 10.1 Å². The van der Waals surface area contributed by atoms with E-state index < -0.39 is 4.92 Å². The molecule has 0 unspecified atom stereocenters. The van der Waals surface area contributed by atoms with Gasteiger partial charge in [0.1, 0.15) is 0 Å². The lowest BCUT2D eigenvalue weighted by atomic mass is 10.2. The molecule has 0 aliphatic carbocycles. The van der Waals surface area contributed by atoms with Crippen molar-refractivity contribution in [1.82, 2.24) is 0 Å². The highest BCUT2D eigenvalue weighted by molar-refractivity contribution is 9.10. The van der Waals surface area contributed by atoms with Gasteiger partial charge in [0.2, 0.25) is 0 Å². The predicted octanol–water partition coefficient (Wildman–Crippen LogP) is 1.86. The van der Waals surface area contributed by atoms with Crippen LogP contribution in [0, 0.1) is 10.1 Å². The molecule has 0 atom stereocenters. The van der Waals surface area contributed by atoms with E-state index in [-0.39, 0.29) is 18.0 Å². The summed E-state index contributed by atoms with van der Waals surface area (Å²) in [7, 11) is 1.34. The van der Waals surface area contributed by atoms with Crippen molar-refractivity contribution in [2.75, 3.05) is 7.11 Å². The van der Waals surface area contributed by atoms with Crippen molar-refractivity contribution in [2.24, 2.45) is 0 Å². The van der Waals surface area contributed by atoms with Gasteiger partial charge in [-0.15, -0.1) is 0 Å². The molecule has 0 spiro atoms. The number of hydrogen-bond acceptors (Lipinski definition) is 4. The average Bonchev–Trinajstić information content (AvgIpc) is 2.17. The number of aliphatic hydroxyl groups is 1. The zero-order valence-corrected chi connectivity index (χ0v) is 8.94. The van der Waals surface area contributed by atoms with Gasteiger partial charge in [-0.2, -0.15) is 0 Å². The zero-order valence-electron chi connectivity index (χ0n) is 7.36. The Kier molecular flexibility index (Phi) is 3.43. The molecule has 5 nitrogen and oxygen atoms in total. The standard InChI is InChI=1S/C8H8BrNO4/c1-14-8-2-5(4-11)6(9)3-7(8)10(12)13/h2-3,11H,4H2,1H3. The third kappa shape index (κ3) is 2.02. The minimum absolute atomic E-state index is 0.128. The average molecular weight is 262 g/mol. The number of methoxy groups -OCH3 is 1. The Hall–Kier alpha value is -1.14. The van der Waals surface area contributed by atoms with E-state index in [1.165, 1.54) is 19.2 Å². The minimum atomic E-state index is -0.537. The second kappa shape index (κ2) is 4.39. The third-order valence-corrected chi connectivity index (χ3v) is 2.45. The van der Waals surface area contributed by atoms with E-state index in [0.717, 1.165) is 0 Å². The third-order valence-electron chi connectivity index (χ3n) is 1.71. The summed E-state index contributed by atoms with van der Waals surface area (Å²) >= 11 is 3.12. The van der Waals surface area contributed by atoms with Crippen LogP contribution < -0.4 is 4.74 Å². The van der Waals surface area contributed by atoms with E-state index in [1.54, 1.807) is 0 Å². The summed E-state index contributed by atoms with van der Waals surface area (Å²) in [6, 6.07) is 2.74.